The second-order valence-electron chi connectivity index (χ2n) is 11.6. The van der Waals surface area contributed by atoms with Gasteiger partial charge in [0, 0.05) is 80.5 Å². The standard InChI is InChI=1S/C36H41N5O3/c1-39(19-15-27-25-37-33-13-6-4-9-29(27)33)35(42)31-11-2-3-12-32(31)36(43)41(18-8-17-40-21-23-44-24-22-40)20-16-28-26-38-34-14-7-5-10-30(28)34/h2-7,9-14,25-26,37-38H,8,15-24H2,1H3. The molecule has 8 nitrogen and oxygen atoms in total. The molecule has 0 bridgehead atoms. The van der Waals surface area contributed by atoms with Gasteiger partial charge in [0.1, 0.15) is 0 Å². The smallest absolute Gasteiger partial charge is 0.254 e. The molecule has 1 aliphatic heterocycles. The van der Waals surface area contributed by atoms with E-state index in [9.17, 15) is 9.59 Å². The molecule has 0 unspecified atom stereocenters. The number of carbonyl (C=O) groups excluding carboxylic acids is 2. The number of aromatic amines is 2. The van der Waals surface area contributed by atoms with Crippen LogP contribution in [0.2, 0.25) is 0 Å². The largest absolute Gasteiger partial charge is 0.379 e. The third kappa shape index (κ3) is 6.72. The predicted molar refractivity (Wildman–Crippen MR) is 175 cm³/mol. The van der Waals surface area contributed by atoms with Crippen LogP contribution in [-0.2, 0) is 17.6 Å². The lowest BCUT2D eigenvalue weighted by atomic mass is 10.0. The fourth-order valence-corrected chi connectivity index (χ4v) is 6.18. The highest BCUT2D eigenvalue weighted by Crippen LogP contribution is 2.21. The quantitative estimate of drug-likeness (QED) is 0.204. The minimum absolute atomic E-state index is 0.0965. The third-order valence-corrected chi connectivity index (χ3v) is 8.75. The number of likely N-dealkylation sites (N-methyl/N-ethyl adjacent to an activating group) is 1. The third-order valence-electron chi connectivity index (χ3n) is 8.75. The Morgan fingerprint density at radius 1 is 0.727 bits per heavy atom. The SMILES string of the molecule is CN(CCc1c[nH]c2ccccc12)C(=O)c1ccccc1C(=O)N(CCCN1CCOCC1)CCc1c[nH]c2ccccc12. The summed E-state index contributed by atoms with van der Waals surface area (Å²) in [7, 11) is 1.82. The molecule has 0 radical (unpaired) electrons. The van der Waals surface area contributed by atoms with Gasteiger partial charge in [-0.2, -0.15) is 0 Å². The number of ether oxygens (including phenoxy) is 1. The Bertz CT molecular complexity index is 1720. The first kappa shape index (κ1) is 29.7. The lowest BCUT2D eigenvalue weighted by Gasteiger charge is -2.29. The van der Waals surface area contributed by atoms with E-state index in [0.717, 1.165) is 63.1 Å². The Kier molecular flexibility index (Phi) is 9.39. The van der Waals surface area contributed by atoms with E-state index < -0.39 is 0 Å². The van der Waals surface area contributed by atoms with E-state index in [2.05, 4.69) is 39.1 Å². The molecule has 0 atom stereocenters. The molecule has 1 saturated heterocycles. The van der Waals surface area contributed by atoms with E-state index in [0.29, 0.717) is 30.8 Å². The molecule has 44 heavy (non-hydrogen) atoms. The maximum Gasteiger partial charge on any atom is 0.254 e. The molecule has 3 aromatic carbocycles. The number of para-hydroxylation sites is 2. The van der Waals surface area contributed by atoms with Crippen molar-refractivity contribution in [1.82, 2.24) is 24.7 Å². The minimum atomic E-state index is -0.140. The lowest BCUT2D eigenvalue weighted by molar-refractivity contribution is 0.0357. The van der Waals surface area contributed by atoms with Crippen LogP contribution in [0.5, 0.6) is 0 Å². The van der Waals surface area contributed by atoms with Gasteiger partial charge in [-0.05, 0) is 54.7 Å². The molecule has 5 aromatic rings. The van der Waals surface area contributed by atoms with Gasteiger partial charge in [-0.1, -0.05) is 48.5 Å². The summed E-state index contributed by atoms with van der Waals surface area (Å²) in [6.07, 6.45) is 6.37. The van der Waals surface area contributed by atoms with Gasteiger partial charge in [-0.3, -0.25) is 14.5 Å². The normalized spacial score (nSPS) is 13.8. The van der Waals surface area contributed by atoms with Crippen LogP contribution < -0.4 is 0 Å². The van der Waals surface area contributed by atoms with Gasteiger partial charge < -0.3 is 24.5 Å². The number of amides is 2. The molecule has 1 fully saturated rings. The molecule has 6 rings (SSSR count). The van der Waals surface area contributed by atoms with Crippen LogP contribution in [0.3, 0.4) is 0 Å². The number of morpholine rings is 1. The fourth-order valence-electron chi connectivity index (χ4n) is 6.18. The Morgan fingerprint density at radius 3 is 1.91 bits per heavy atom. The van der Waals surface area contributed by atoms with Gasteiger partial charge in [0.15, 0.2) is 0 Å². The van der Waals surface area contributed by atoms with Gasteiger partial charge in [-0.15, -0.1) is 0 Å². The average molecular weight is 592 g/mol. The van der Waals surface area contributed by atoms with Crippen molar-refractivity contribution in [2.75, 3.05) is 59.5 Å². The van der Waals surface area contributed by atoms with Crippen molar-refractivity contribution >= 4 is 33.6 Å². The van der Waals surface area contributed by atoms with Gasteiger partial charge in [0.05, 0.1) is 24.3 Å². The highest BCUT2D eigenvalue weighted by molar-refractivity contribution is 6.07. The number of aromatic nitrogens is 2. The van der Waals surface area contributed by atoms with Crippen LogP contribution in [-0.4, -0.2) is 96.0 Å². The van der Waals surface area contributed by atoms with Crippen molar-refractivity contribution in [3.8, 4) is 0 Å². The maximum atomic E-state index is 14.2. The molecule has 2 aromatic heterocycles. The molecule has 1 aliphatic rings. The van der Waals surface area contributed by atoms with E-state index in [1.54, 1.807) is 17.0 Å². The molecule has 228 valence electrons. The molecule has 0 spiro atoms. The summed E-state index contributed by atoms with van der Waals surface area (Å²) in [5.41, 5.74) is 5.46. The molecule has 8 heteroatoms. The van der Waals surface area contributed by atoms with E-state index >= 15 is 0 Å². The Labute approximate surface area is 258 Å². The minimum Gasteiger partial charge on any atom is -0.379 e. The molecule has 3 heterocycles. The summed E-state index contributed by atoms with van der Waals surface area (Å²) in [6.45, 7) is 6.01. The zero-order valence-corrected chi connectivity index (χ0v) is 25.4. The lowest BCUT2D eigenvalue weighted by Crippen LogP contribution is -2.40. The van der Waals surface area contributed by atoms with Gasteiger partial charge in [0.2, 0.25) is 0 Å². The average Bonchev–Trinajstić information content (AvgIpc) is 3.69. The van der Waals surface area contributed by atoms with Gasteiger partial charge in [0.25, 0.3) is 11.8 Å². The number of benzene rings is 3. The van der Waals surface area contributed by atoms with E-state index in [1.807, 2.05) is 60.7 Å². The van der Waals surface area contributed by atoms with Crippen LogP contribution in [0.4, 0.5) is 0 Å². The van der Waals surface area contributed by atoms with Crippen LogP contribution in [0, 0.1) is 0 Å². The summed E-state index contributed by atoms with van der Waals surface area (Å²) in [4.78, 5) is 40.7. The summed E-state index contributed by atoms with van der Waals surface area (Å²) >= 11 is 0. The van der Waals surface area contributed by atoms with Crippen molar-refractivity contribution in [3.05, 3.63) is 107 Å². The first-order valence-corrected chi connectivity index (χ1v) is 15.6. The molecule has 2 amide bonds. The summed E-state index contributed by atoms with van der Waals surface area (Å²) in [5.74, 6) is -0.237. The Morgan fingerprint density at radius 2 is 1.27 bits per heavy atom. The van der Waals surface area contributed by atoms with Crippen molar-refractivity contribution in [2.24, 2.45) is 0 Å². The number of carbonyl (C=O) groups is 2. The number of nitrogens with zero attached hydrogens (tertiary/aromatic N) is 3. The number of nitrogens with one attached hydrogen (secondary N) is 2. The molecule has 2 N–H and O–H groups in total. The molecular formula is C36H41N5O3. The first-order chi connectivity index (χ1) is 21.6. The molecular weight excluding hydrogens is 550 g/mol. The second-order valence-corrected chi connectivity index (χ2v) is 11.6. The predicted octanol–water partition coefficient (Wildman–Crippen LogP) is 5.37. The summed E-state index contributed by atoms with van der Waals surface area (Å²) in [5, 5.41) is 2.35. The van der Waals surface area contributed by atoms with Crippen molar-refractivity contribution in [2.45, 2.75) is 19.3 Å². The fraction of sp³-hybridized carbons (Fsp3) is 0.333. The van der Waals surface area contributed by atoms with Crippen LogP contribution >= 0.6 is 0 Å². The zero-order chi connectivity index (χ0) is 30.3. The van der Waals surface area contributed by atoms with Crippen LogP contribution in [0.15, 0.2) is 85.2 Å². The first-order valence-electron chi connectivity index (χ1n) is 15.6. The molecule has 0 saturated carbocycles. The maximum absolute atomic E-state index is 14.2. The summed E-state index contributed by atoms with van der Waals surface area (Å²) < 4.78 is 5.50. The van der Waals surface area contributed by atoms with E-state index in [-0.39, 0.29) is 11.8 Å². The van der Waals surface area contributed by atoms with Crippen LogP contribution in [0.25, 0.3) is 21.8 Å². The van der Waals surface area contributed by atoms with E-state index in [1.165, 1.54) is 21.9 Å². The number of hydrogen-bond donors (Lipinski definition) is 2. The molecule has 0 aliphatic carbocycles. The van der Waals surface area contributed by atoms with Crippen molar-refractivity contribution in [3.63, 3.8) is 0 Å². The summed E-state index contributed by atoms with van der Waals surface area (Å²) in [6, 6.07) is 23.7. The topological polar surface area (TPSA) is 84.7 Å². The number of fused-ring (bicyclic) bond motifs is 2. The van der Waals surface area contributed by atoms with Crippen molar-refractivity contribution in [1.29, 1.82) is 0 Å². The Hall–Kier alpha value is -4.40. The Balaban J connectivity index is 1.17. The van der Waals surface area contributed by atoms with Gasteiger partial charge >= 0.3 is 0 Å². The zero-order valence-electron chi connectivity index (χ0n) is 25.4. The highest BCUT2D eigenvalue weighted by Gasteiger charge is 2.24. The van der Waals surface area contributed by atoms with E-state index in [4.69, 9.17) is 4.74 Å². The number of rotatable bonds is 12. The van der Waals surface area contributed by atoms with Gasteiger partial charge in [-0.25, -0.2) is 0 Å². The number of hydrogen-bond acceptors (Lipinski definition) is 4. The highest BCUT2D eigenvalue weighted by atomic mass is 16.5. The second kappa shape index (κ2) is 13.9. The monoisotopic (exact) mass is 591 g/mol. The number of H-pyrrole nitrogens is 2. The van der Waals surface area contributed by atoms with Crippen molar-refractivity contribution < 1.29 is 14.3 Å². The van der Waals surface area contributed by atoms with Crippen LogP contribution in [0.1, 0.15) is 38.3 Å².